The third-order valence-corrected chi connectivity index (χ3v) is 3.06. The molecule has 1 heterocycles. The lowest BCUT2D eigenvalue weighted by Crippen LogP contribution is -2.15. The number of halogens is 1. The van der Waals surface area contributed by atoms with Crippen molar-refractivity contribution >= 4 is 33.5 Å². The average molecular weight is 326 g/mol. The van der Waals surface area contributed by atoms with Gasteiger partial charge in [-0.05, 0) is 24.6 Å². The van der Waals surface area contributed by atoms with Crippen LogP contribution in [-0.4, -0.2) is 16.0 Å². The van der Waals surface area contributed by atoms with Crippen molar-refractivity contribution in [2.24, 2.45) is 0 Å². The van der Waals surface area contributed by atoms with Gasteiger partial charge in [-0.2, -0.15) is 0 Å². The molecular formula is C13H15IN2. The molecule has 0 radical (unpaired) electrons. The van der Waals surface area contributed by atoms with Gasteiger partial charge in [0.1, 0.15) is 0 Å². The van der Waals surface area contributed by atoms with Gasteiger partial charge in [-0.1, -0.05) is 40.8 Å². The van der Waals surface area contributed by atoms with Gasteiger partial charge in [0, 0.05) is 28.6 Å². The fourth-order valence-electron chi connectivity index (χ4n) is 1.83. The average Bonchev–Trinajstić information content (AvgIpc) is 2.29. The third-order valence-electron chi connectivity index (χ3n) is 2.52. The quantitative estimate of drug-likeness (QED) is 0.531. The van der Waals surface area contributed by atoms with Crippen LogP contribution in [0.4, 0.5) is 0 Å². The third kappa shape index (κ3) is 2.71. The normalized spacial score (nSPS) is 10.9. The van der Waals surface area contributed by atoms with Crippen LogP contribution in [-0.2, 0) is 6.54 Å². The van der Waals surface area contributed by atoms with Crippen molar-refractivity contribution in [3.05, 3.63) is 41.6 Å². The Morgan fingerprint density at radius 3 is 2.94 bits per heavy atom. The Morgan fingerprint density at radius 1 is 1.31 bits per heavy atom. The van der Waals surface area contributed by atoms with Crippen LogP contribution in [0, 0.1) is 6.92 Å². The molecule has 2 rings (SSSR count). The number of rotatable bonds is 4. The summed E-state index contributed by atoms with van der Waals surface area (Å²) in [4.78, 5) is 4.54. The maximum absolute atomic E-state index is 4.54. The van der Waals surface area contributed by atoms with Gasteiger partial charge in [0.2, 0.25) is 0 Å². The van der Waals surface area contributed by atoms with Gasteiger partial charge in [-0.15, -0.1) is 0 Å². The van der Waals surface area contributed by atoms with Crippen molar-refractivity contribution in [2.45, 2.75) is 13.5 Å². The maximum atomic E-state index is 4.54. The van der Waals surface area contributed by atoms with E-state index >= 15 is 0 Å². The number of benzene rings is 1. The van der Waals surface area contributed by atoms with Gasteiger partial charge in [0.15, 0.2) is 0 Å². The Kier molecular flexibility index (Phi) is 4.12. The summed E-state index contributed by atoms with van der Waals surface area (Å²) in [7, 11) is 0. The van der Waals surface area contributed by atoms with E-state index in [9.17, 15) is 0 Å². The molecule has 0 bridgehead atoms. The molecule has 1 N–H and O–H groups in total. The van der Waals surface area contributed by atoms with Crippen molar-refractivity contribution in [2.75, 3.05) is 11.0 Å². The fraction of sp³-hybridized carbons (Fsp3) is 0.308. The van der Waals surface area contributed by atoms with Crippen LogP contribution >= 0.6 is 22.6 Å². The first-order valence-electron chi connectivity index (χ1n) is 5.43. The summed E-state index contributed by atoms with van der Waals surface area (Å²) in [6, 6.07) is 10.5. The van der Waals surface area contributed by atoms with E-state index in [-0.39, 0.29) is 0 Å². The summed E-state index contributed by atoms with van der Waals surface area (Å²) in [5, 5.41) is 4.69. The number of pyridine rings is 1. The Hall–Kier alpha value is -0.680. The van der Waals surface area contributed by atoms with Gasteiger partial charge in [0.05, 0.1) is 5.52 Å². The molecule has 0 atom stereocenters. The SMILES string of the molecule is Cc1cc(CNCCI)c2ccccc2n1. The topological polar surface area (TPSA) is 24.9 Å². The predicted molar refractivity (Wildman–Crippen MR) is 77.1 cm³/mol. The molecule has 0 amide bonds. The highest BCUT2D eigenvalue weighted by molar-refractivity contribution is 14.1. The zero-order valence-electron chi connectivity index (χ0n) is 9.33. The number of hydrogen-bond acceptors (Lipinski definition) is 2. The lowest BCUT2D eigenvalue weighted by Gasteiger charge is -2.08. The number of aryl methyl sites for hydroxylation is 1. The summed E-state index contributed by atoms with van der Waals surface area (Å²) >= 11 is 2.38. The smallest absolute Gasteiger partial charge is 0.0708 e. The van der Waals surface area contributed by atoms with Crippen LogP contribution in [0.15, 0.2) is 30.3 Å². The molecule has 0 unspecified atom stereocenters. The molecule has 1 aromatic heterocycles. The van der Waals surface area contributed by atoms with Crippen molar-refractivity contribution in [1.29, 1.82) is 0 Å². The Labute approximate surface area is 110 Å². The van der Waals surface area contributed by atoms with Crippen LogP contribution in [0.5, 0.6) is 0 Å². The van der Waals surface area contributed by atoms with Crippen LogP contribution in [0.2, 0.25) is 0 Å². The van der Waals surface area contributed by atoms with Crippen LogP contribution in [0.3, 0.4) is 0 Å². The number of aromatic nitrogens is 1. The molecule has 0 saturated carbocycles. The summed E-state index contributed by atoms with van der Waals surface area (Å²) in [6.07, 6.45) is 0. The number of fused-ring (bicyclic) bond motifs is 1. The second kappa shape index (κ2) is 5.59. The van der Waals surface area contributed by atoms with Crippen molar-refractivity contribution in [1.82, 2.24) is 10.3 Å². The minimum atomic E-state index is 0.923. The van der Waals surface area contributed by atoms with E-state index in [4.69, 9.17) is 0 Å². The first kappa shape index (κ1) is 11.8. The molecule has 3 heteroatoms. The van der Waals surface area contributed by atoms with Crippen molar-refractivity contribution in [3.63, 3.8) is 0 Å². The largest absolute Gasteiger partial charge is 0.312 e. The first-order chi connectivity index (χ1) is 7.81. The lowest BCUT2D eigenvalue weighted by atomic mass is 10.1. The van der Waals surface area contributed by atoms with E-state index in [2.05, 4.69) is 57.2 Å². The number of hydrogen-bond donors (Lipinski definition) is 1. The van der Waals surface area contributed by atoms with E-state index in [1.54, 1.807) is 0 Å². The molecule has 0 aliphatic rings. The molecule has 2 aromatic rings. The molecule has 0 aliphatic heterocycles. The van der Waals surface area contributed by atoms with E-state index in [1.165, 1.54) is 10.9 Å². The highest BCUT2D eigenvalue weighted by Crippen LogP contribution is 2.17. The second-order valence-corrected chi connectivity index (χ2v) is 4.88. The lowest BCUT2D eigenvalue weighted by molar-refractivity contribution is 0.739. The Morgan fingerprint density at radius 2 is 2.12 bits per heavy atom. The molecule has 0 aliphatic carbocycles. The number of para-hydroxylation sites is 1. The van der Waals surface area contributed by atoms with Crippen LogP contribution < -0.4 is 5.32 Å². The molecule has 2 nitrogen and oxygen atoms in total. The van der Waals surface area contributed by atoms with E-state index < -0.39 is 0 Å². The molecular weight excluding hydrogens is 311 g/mol. The Bertz CT molecular complexity index is 482. The maximum Gasteiger partial charge on any atom is 0.0708 e. The molecule has 0 spiro atoms. The zero-order chi connectivity index (χ0) is 11.4. The van der Waals surface area contributed by atoms with Crippen molar-refractivity contribution in [3.8, 4) is 0 Å². The highest BCUT2D eigenvalue weighted by Gasteiger charge is 2.02. The molecule has 0 saturated heterocycles. The first-order valence-corrected chi connectivity index (χ1v) is 6.96. The van der Waals surface area contributed by atoms with Crippen molar-refractivity contribution < 1.29 is 0 Å². The fourth-order valence-corrected chi connectivity index (χ4v) is 2.21. The molecule has 84 valence electrons. The minimum Gasteiger partial charge on any atom is -0.312 e. The standard InChI is InChI=1S/C13H15IN2/c1-10-8-11(9-15-7-6-14)12-4-2-3-5-13(12)16-10/h2-5,8,15H,6-7,9H2,1H3. The van der Waals surface area contributed by atoms with Crippen LogP contribution in [0.1, 0.15) is 11.3 Å². The summed E-state index contributed by atoms with van der Waals surface area (Å²) in [5.41, 5.74) is 3.52. The van der Waals surface area contributed by atoms with Gasteiger partial charge in [-0.3, -0.25) is 4.98 Å². The zero-order valence-corrected chi connectivity index (χ0v) is 11.5. The monoisotopic (exact) mass is 326 g/mol. The summed E-state index contributed by atoms with van der Waals surface area (Å²) in [6.45, 7) is 4.03. The predicted octanol–water partition coefficient (Wildman–Crippen LogP) is 3.07. The van der Waals surface area contributed by atoms with Gasteiger partial charge < -0.3 is 5.32 Å². The summed E-state index contributed by atoms with van der Waals surface area (Å²) < 4.78 is 1.14. The van der Waals surface area contributed by atoms with Crippen LogP contribution in [0.25, 0.3) is 10.9 Å². The Balaban J connectivity index is 2.34. The van der Waals surface area contributed by atoms with E-state index in [1.807, 2.05) is 13.0 Å². The van der Waals surface area contributed by atoms with E-state index in [0.717, 1.165) is 28.7 Å². The van der Waals surface area contributed by atoms with Gasteiger partial charge >= 0.3 is 0 Å². The molecule has 0 fully saturated rings. The second-order valence-electron chi connectivity index (χ2n) is 3.81. The summed E-state index contributed by atoms with van der Waals surface area (Å²) in [5.74, 6) is 0. The minimum absolute atomic E-state index is 0.923. The van der Waals surface area contributed by atoms with Gasteiger partial charge in [-0.25, -0.2) is 0 Å². The molecule has 16 heavy (non-hydrogen) atoms. The molecule has 1 aromatic carbocycles. The number of nitrogens with one attached hydrogen (secondary N) is 1. The van der Waals surface area contributed by atoms with Gasteiger partial charge in [0.25, 0.3) is 0 Å². The highest BCUT2D eigenvalue weighted by atomic mass is 127. The van der Waals surface area contributed by atoms with E-state index in [0.29, 0.717) is 0 Å². The number of alkyl halides is 1. The number of nitrogens with zero attached hydrogens (tertiary/aromatic N) is 1.